The molecule has 4 aromatic heterocycles. The molecule has 6 heterocycles. The number of aromatic nitrogens is 8. The van der Waals surface area contributed by atoms with E-state index in [1.165, 1.54) is 21.8 Å². The maximum atomic E-state index is 10.2. The van der Waals surface area contributed by atoms with E-state index in [0.717, 1.165) is 19.3 Å². The number of aliphatic hydroxyl groups is 6. The van der Waals surface area contributed by atoms with Crippen LogP contribution in [0.25, 0.3) is 22.3 Å². The van der Waals surface area contributed by atoms with Gasteiger partial charge in [-0.05, 0) is 24.7 Å². The van der Waals surface area contributed by atoms with Crippen molar-refractivity contribution in [2.45, 2.75) is 88.6 Å². The van der Waals surface area contributed by atoms with Gasteiger partial charge in [0, 0.05) is 19.6 Å². The number of ether oxygens (including phenoxy) is 4. The van der Waals surface area contributed by atoms with Crippen molar-refractivity contribution in [1.82, 2.24) is 39.0 Å². The van der Waals surface area contributed by atoms with Gasteiger partial charge in [-0.3, -0.25) is 9.13 Å². The molecule has 20 heteroatoms. The molecule has 0 aromatic carbocycles. The van der Waals surface area contributed by atoms with E-state index in [-0.39, 0.29) is 29.9 Å². The molecule has 0 unspecified atom stereocenters. The fourth-order valence-electron chi connectivity index (χ4n) is 5.58. The van der Waals surface area contributed by atoms with Gasteiger partial charge in [-0.15, -0.1) is 0 Å². The summed E-state index contributed by atoms with van der Waals surface area (Å²) in [4.78, 5) is 25.2. The van der Waals surface area contributed by atoms with Gasteiger partial charge >= 0.3 is 0 Å². The largest absolute Gasteiger partial charge is 0.394 e. The van der Waals surface area contributed by atoms with Crippen molar-refractivity contribution < 1.29 is 49.6 Å². The Bertz CT molecular complexity index is 1830. The number of nitrogens with zero attached hydrogens (tertiary/aromatic N) is 8. The van der Waals surface area contributed by atoms with E-state index >= 15 is 0 Å². The zero-order valence-corrected chi connectivity index (χ0v) is 29.9. The first-order valence-corrected chi connectivity index (χ1v) is 17.5. The Morgan fingerprint density at radius 1 is 0.685 bits per heavy atom. The van der Waals surface area contributed by atoms with Crippen LogP contribution in [0.4, 0.5) is 11.6 Å². The molecule has 2 saturated heterocycles. The molecule has 8 atom stereocenters. The van der Waals surface area contributed by atoms with Crippen molar-refractivity contribution >= 4 is 34.0 Å². The molecule has 2 aliphatic rings. The van der Waals surface area contributed by atoms with E-state index in [1.54, 1.807) is 0 Å². The number of unbranched alkanes of at least 4 members (excludes halogenated alkanes) is 1. The molecule has 54 heavy (non-hydrogen) atoms. The van der Waals surface area contributed by atoms with E-state index in [2.05, 4.69) is 60.5 Å². The molecule has 2 fully saturated rings. The Morgan fingerprint density at radius 3 is 1.67 bits per heavy atom. The number of hydrogen-bond donors (Lipinski definition) is 8. The van der Waals surface area contributed by atoms with Crippen LogP contribution in [-0.4, -0.2) is 146 Å². The Hall–Kier alpha value is -4.58. The van der Waals surface area contributed by atoms with Crippen LogP contribution >= 0.6 is 0 Å². The van der Waals surface area contributed by atoms with Crippen LogP contribution in [0.3, 0.4) is 0 Å². The smallest absolute Gasteiger partial charge is 0.209 e. The van der Waals surface area contributed by atoms with Gasteiger partial charge in [-0.2, -0.15) is 0 Å². The topological polar surface area (TPSA) is 298 Å². The molecular weight excluding hydrogens is 708 g/mol. The fourth-order valence-corrected chi connectivity index (χ4v) is 5.58. The highest BCUT2D eigenvalue weighted by Crippen LogP contribution is 2.33. The van der Waals surface area contributed by atoms with Crippen LogP contribution in [0, 0.1) is 23.7 Å². The van der Waals surface area contributed by atoms with Crippen molar-refractivity contribution in [3.8, 4) is 23.7 Å². The number of nitrogens with two attached hydrogens (primary N) is 2. The van der Waals surface area contributed by atoms with Gasteiger partial charge < -0.3 is 61.1 Å². The van der Waals surface area contributed by atoms with E-state index < -0.39 is 62.3 Å². The average molecular weight is 755 g/mol. The lowest BCUT2D eigenvalue weighted by molar-refractivity contribution is -0.0511. The first-order chi connectivity index (χ1) is 26.1. The minimum Gasteiger partial charge on any atom is -0.394 e. The summed E-state index contributed by atoms with van der Waals surface area (Å²) in [5.74, 6) is 12.1. The van der Waals surface area contributed by atoms with Gasteiger partial charge in [0.15, 0.2) is 35.4 Å². The van der Waals surface area contributed by atoms with Crippen molar-refractivity contribution in [1.29, 1.82) is 0 Å². The molecule has 0 amide bonds. The van der Waals surface area contributed by atoms with Crippen molar-refractivity contribution in [2.75, 3.05) is 51.1 Å². The molecule has 4 aromatic rings. The van der Waals surface area contributed by atoms with E-state index in [0.29, 0.717) is 48.6 Å². The number of fused-ring (bicyclic) bond motifs is 2. The predicted octanol–water partition coefficient (Wildman–Crippen LogP) is -1.62. The summed E-state index contributed by atoms with van der Waals surface area (Å²) in [6.45, 7) is 5.40. The number of nitrogen functional groups attached to an aromatic ring is 2. The summed E-state index contributed by atoms with van der Waals surface area (Å²) in [7, 11) is 0. The molecule has 292 valence electrons. The summed E-state index contributed by atoms with van der Waals surface area (Å²) in [6, 6.07) is 0. The molecule has 6 rings (SSSR count). The SMILES string of the molecule is CCCCOCC#Cc1nc(N)c2ncn([C@@H]3O[C@H](CO)[C@@H](O)[C@H]3O)c2n1.CCCOCCC#Cc1nc(N)c2ncn([C@@H]3O[C@H](CO)[C@@H](O)[C@H]3O)c2n1. The van der Waals surface area contributed by atoms with Crippen LogP contribution < -0.4 is 11.5 Å². The molecule has 0 saturated carbocycles. The van der Waals surface area contributed by atoms with Crippen LogP contribution in [0.5, 0.6) is 0 Å². The summed E-state index contributed by atoms with van der Waals surface area (Å²) >= 11 is 0. The lowest BCUT2D eigenvalue weighted by atomic mass is 10.1. The fraction of sp³-hybridized carbons (Fsp3) is 0.588. The number of aliphatic hydroxyl groups excluding tert-OH is 6. The number of anilines is 2. The second-order valence-electron chi connectivity index (χ2n) is 12.3. The molecule has 2 aliphatic heterocycles. The third kappa shape index (κ3) is 9.19. The Balaban J connectivity index is 0.000000208. The lowest BCUT2D eigenvalue weighted by Crippen LogP contribution is -2.33. The molecular formula is C34H46N10O10. The zero-order valence-electron chi connectivity index (χ0n) is 29.9. The third-order valence-corrected chi connectivity index (χ3v) is 8.42. The van der Waals surface area contributed by atoms with Gasteiger partial charge in [0.2, 0.25) is 11.6 Å². The summed E-state index contributed by atoms with van der Waals surface area (Å²) in [6.07, 6.45) is -2.38. The highest BCUT2D eigenvalue weighted by molar-refractivity contribution is 5.82. The van der Waals surface area contributed by atoms with Gasteiger partial charge in [0.1, 0.15) is 54.3 Å². The lowest BCUT2D eigenvalue weighted by Gasteiger charge is -2.16. The second-order valence-corrected chi connectivity index (χ2v) is 12.3. The van der Waals surface area contributed by atoms with E-state index in [4.69, 9.17) is 30.4 Å². The predicted molar refractivity (Wildman–Crippen MR) is 191 cm³/mol. The van der Waals surface area contributed by atoms with Crippen molar-refractivity contribution in [2.24, 2.45) is 0 Å². The van der Waals surface area contributed by atoms with Gasteiger partial charge in [-0.1, -0.05) is 32.1 Å². The molecule has 20 nitrogen and oxygen atoms in total. The highest BCUT2D eigenvalue weighted by Gasteiger charge is 2.45. The molecule has 0 aliphatic carbocycles. The number of imidazole rings is 2. The highest BCUT2D eigenvalue weighted by atomic mass is 16.6. The Morgan fingerprint density at radius 2 is 1.20 bits per heavy atom. The van der Waals surface area contributed by atoms with Crippen molar-refractivity contribution in [3.05, 3.63) is 24.3 Å². The number of rotatable bonds is 12. The van der Waals surface area contributed by atoms with E-state index in [9.17, 15) is 30.6 Å². The maximum Gasteiger partial charge on any atom is 0.209 e. The quantitative estimate of drug-likeness (QED) is 0.0595. The van der Waals surface area contributed by atoms with Gasteiger partial charge in [0.05, 0.1) is 32.5 Å². The molecule has 10 N–H and O–H groups in total. The zero-order chi connectivity index (χ0) is 38.8. The molecule has 0 spiro atoms. The average Bonchev–Trinajstić information content (AvgIpc) is 3.92. The minimum absolute atomic E-state index is 0.140. The summed E-state index contributed by atoms with van der Waals surface area (Å²) in [5, 5.41) is 58.8. The number of hydrogen-bond acceptors (Lipinski definition) is 18. The van der Waals surface area contributed by atoms with Crippen LogP contribution in [0.2, 0.25) is 0 Å². The third-order valence-electron chi connectivity index (χ3n) is 8.42. The van der Waals surface area contributed by atoms with Crippen LogP contribution in [0.1, 0.15) is 63.6 Å². The Labute approximate surface area is 310 Å². The van der Waals surface area contributed by atoms with Crippen LogP contribution in [-0.2, 0) is 18.9 Å². The minimum atomic E-state index is -1.25. The van der Waals surface area contributed by atoms with Gasteiger partial charge in [-0.25, -0.2) is 29.9 Å². The summed E-state index contributed by atoms with van der Waals surface area (Å²) < 4.78 is 24.7. The normalized spacial score (nSPS) is 24.9. The van der Waals surface area contributed by atoms with E-state index in [1.807, 2.05) is 6.92 Å². The first-order valence-electron chi connectivity index (χ1n) is 17.5. The molecule has 0 radical (unpaired) electrons. The Kier molecular flexibility index (Phi) is 14.4. The van der Waals surface area contributed by atoms with Gasteiger partial charge in [0.25, 0.3) is 0 Å². The van der Waals surface area contributed by atoms with Crippen LogP contribution in [0.15, 0.2) is 12.7 Å². The maximum absolute atomic E-state index is 10.2. The second kappa shape index (κ2) is 19.1. The summed E-state index contributed by atoms with van der Waals surface area (Å²) in [5.41, 5.74) is 13.2. The standard InChI is InChI=1S/2C17H23N5O5/c1-2-6-26-7-4-3-5-11-20-15(18)12-16(21-11)22(9-19-12)17-14(25)13(24)10(8-23)27-17;1-2-3-6-26-7-4-5-11-20-15(18)12-16(21-11)22(9-19-12)17-14(25)13(24)10(8-23)27-17/h9-10,13-14,17,23-25H,2,4,6-8H2,1H3,(H2,18,20,21);9-10,13-14,17,23-25H,2-3,6-8H2,1H3,(H2,18,20,21)/t2*10-,13-,14-,17-/m11/s1. The first kappa shape index (κ1) is 40.6. The van der Waals surface area contributed by atoms with Crippen molar-refractivity contribution in [3.63, 3.8) is 0 Å². The molecule has 0 bridgehead atoms. The monoisotopic (exact) mass is 754 g/mol.